The lowest BCUT2D eigenvalue weighted by atomic mass is 9.69. The number of amides is 1. The summed E-state index contributed by atoms with van der Waals surface area (Å²) in [4.78, 5) is 12.3. The number of sulfone groups is 1. The van der Waals surface area contributed by atoms with Gasteiger partial charge in [-0.15, -0.1) is 12.4 Å². The smallest absolute Gasteiger partial charge is 0.236 e. The van der Waals surface area contributed by atoms with Crippen LogP contribution in [0.2, 0.25) is 5.02 Å². The van der Waals surface area contributed by atoms with Crippen LogP contribution in [-0.4, -0.2) is 38.9 Å². The Hall–Kier alpha value is -0.820. The number of hydrogen-bond donors (Lipinski definition) is 2. The molecule has 3 N–H and O–H groups in total. The van der Waals surface area contributed by atoms with Crippen LogP contribution in [0.15, 0.2) is 24.3 Å². The van der Waals surface area contributed by atoms with Gasteiger partial charge in [0.25, 0.3) is 0 Å². The lowest BCUT2D eigenvalue weighted by Gasteiger charge is -2.38. The van der Waals surface area contributed by atoms with Gasteiger partial charge in [-0.05, 0) is 37.0 Å². The second-order valence-corrected chi connectivity index (χ2v) is 9.79. The number of nitrogens with one attached hydrogen (secondary N) is 1. The summed E-state index contributed by atoms with van der Waals surface area (Å²) in [5.74, 6) is -0.369. The van der Waals surface area contributed by atoms with Crippen LogP contribution in [0.5, 0.6) is 0 Å². The molecule has 0 spiro atoms. The Balaban J connectivity index is 0.00000338. The first-order chi connectivity index (χ1) is 11.7. The minimum absolute atomic E-state index is 0. The van der Waals surface area contributed by atoms with Crippen molar-refractivity contribution >= 4 is 39.8 Å². The van der Waals surface area contributed by atoms with Crippen LogP contribution in [0.3, 0.4) is 0 Å². The van der Waals surface area contributed by atoms with E-state index in [0.29, 0.717) is 11.6 Å². The molecule has 1 fully saturated rings. The van der Waals surface area contributed by atoms with E-state index in [0.717, 1.165) is 31.9 Å². The molecule has 1 atom stereocenters. The minimum Gasteiger partial charge on any atom is -0.354 e. The summed E-state index contributed by atoms with van der Waals surface area (Å²) in [7, 11) is -3.12. The van der Waals surface area contributed by atoms with Gasteiger partial charge in [-0.2, -0.15) is 0 Å². The highest BCUT2D eigenvalue weighted by atomic mass is 35.5. The summed E-state index contributed by atoms with van der Waals surface area (Å²) in [6.07, 6.45) is 6.75. The van der Waals surface area contributed by atoms with E-state index in [1.165, 1.54) is 12.0 Å². The van der Waals surface area contributed by atoms with Gasteiger partial charge >= 0.3 is 0 Å². The van der Waals surface area contributed by atoms with Gasteiger partial charge in [0, 0.05) is 23.2 Å². The third kappa shape index (κ3) is 6.72. The first-order valence-electron chi connectivity index (χ1n) is 8.69. The second kappa shape index (κ2) is 9.93. The van der Waals surface area contributed by atoms with Crippen molar-refractivity contribution in [3.05, 3.63) is 34.9 Å². The standard InChI is InChI=1S/C18H27ClN2O3S.ClH/c1-25(23,24)12-9-16(20)17(22)21-13-18(10-3-2-4-11-18)14-5-7-15(19)8-6-14;/h5-8,16H,2-4,9-13,20H2,1H3,(H,21,22);1H. The average Bonchev–Trinajstić information content (AvgIpc) is 2.58. The van der Waals surface area contributed by atoms with Crippen LogP contribution >= 0.6 is 24.0 Å². The van der Waals surface area contributed by atoms with E-state index in [2.05, 4.69) is 5.32 Å². The largest absolute Gasteiger partial charge is 0.354 e. The Bertz CT molecular complexity index is 687. The van der Waals surface area contributed by atoms with Gasteiger partial charge in [-0.3, -0.25) is 4.79 Å². The topological polar surface area (TPSA) is 89.3 Å². The molecule has 1 saturated carbocycles. The number of nitrogens with two attached hydrogens (primary N) is 1. The molecule has 1 aliphatic rings. The predicted octanol–water partition coefficient (Wildman–Crippen LogP) is 2.84. The number of carbonyl (C=O) groups excluding carboxylic acids is 1. The second-order valence-electron chi connectivity index (χ2n) is 7.09. The summed E-state index contributed by atoms with van der Waals surface area (Å²) in [6, 6.07) is 7.02. The normalized spacial score (nSPS) is 17.8. The summed E-state index contributed by atoms with van der Waals surface area (Å²) in [6.45, 7) is 0.514. The van der Waals surface area contributed by atoms with E-state index in [4.69, 9.17) is 17.3 Å². The number of rotatable bonds is 7. The molecule has 1 aromatic carbocycles. The zero-order valence-corrected chi connectivity index (χ0v) is 17.4. The van der Waals surface area contributed by atoms with Gasteiger partial charge in [0.1, 0.15) is 9.84 Å². The van der Waals surface area contributed by atoms with E-state index >= 15 is 0 Å². The highest BCUT2D eigenvalue weighted by Gasteiger charge is 2.34. The Labute approximate surface area is 167 Å². The molecule has 8 heteroatoms. The quantitative estimate of drug-likeness (QED) is 0.706. The van der Waals surface area contributed by atoms with Crippen LogP contribution in [0.4, 0.5) is 0 Å². The van der Waals surface area contributed by atoms with Crippen molar-refractivity contribution < 1.29 is 13.2 Å². The van der Waals surface area contributed by atoms with E-state index < -0.39 is 15.9 Å². The zero-order valence-electron chi connectivity index (χ0n) is 15.0. The van der Waals surface area contributed by atoms with E-state index in [-0.39, 0.29) is 35.9 Å². The fourth-order valence-electron chi connectivity index (χ4n) is 3.46. The Morgan fingerprint density at radius 2 is 1.81 bits per heavy atom. The molecule has 1 aliphatic carbocycles. The predicted molar refractivity (Wildman–Crippen MR) is 109 cm³/mol. The molecule has 0 radical (unpaired) electrons. The molecule has 0 saturated heterocycles. The molecule has 0 bridgehead atoms. The molecule has 1 amide bonds. The fraction of sp³-hybridized carbons (Fsp3) is 0.611. The van der Waals surface area contributed by atoms with Gasteiger partial charge in [0.15, 0.2) is 0 Å². The van der Waals surface area contributed by atoms with Crippen LogP contribution in [0, 0.1) is 0 Å². The fourth-order valence-corrected chi connectivity index (χ4v) is 4.27. The monoisotopic (exact) mass is 422 g/mol. The van der Waals surface area contributed by atoms with Crippen molar-refractivity contribution in [2.45, 2.75) is 50.0 Å². The highest BCUT2D eigenvalue weighted by molar-refractivity contribution is 7.90. The molecule has 5 nitrogen and oxygen atoms in total. The lowest BCUT2D eigenvalue weighted by molar-refractivity contribution is -0.122. The van der Waals surface area contributed by atoms with Crippen LogP contribution < -0.4 is 11.1 Å². The molecule has 1 unspecified atom stereocenters. The van der Waals surface area contributed by atoms with Crippen LogP contribution in [0.1, 0.15) is 44.1 Å². The number of halogens is 2. The van der Waals surface area contributed by atoms with Crippen molar-refractivity contribution in [1.29, 1.82) is 0 Å². The van der Waals surface area contributed by atoms with Gasteiger partial charge in [0.2, 0.25) is 5.91 Å². The molecule has 26 heavy (non-hydrogen) atoms. The van der Waals surface area contributed by atoms with Gasteiger partial charge in [0.05, 0.1) is 11.8 Å². The number of carbonyl (C=O) groups is 1. The van der Waals surface area contributed by atoms with Gasteiger partial charge in [-0.25, -0.2) is 8.42 Å². The van der Waals surface area contributed by atoms with E-state index in [1.807, 2.05) is 24.3 Å². The van der Waals surface area contributed by atoms with Crippen molar-refractivity contribution in [3.8, 4) is 0 Å². The zero-order chi connectivity index (χ0) is 18.5. The van der Waals surface area contributed by atoms with Crippen LogP contribution in [-0.2, 0) is 20.0 Å². The van der Waals surface area contributed by atoms with Crippen molar-refractivity contribution in [2.24, 2.45) is 5.73 Å². The number of benzene rings is 1. The highest BCUT2D eigenvalue weighted by Crippen LogP contribution is 2.39. The summed E-state index contributed by atoms with van der Waals surface area (Å²) in [5, 5.41) is 3.65. The molecule has 1 aromatic rings. The Morgan fingerprint density at radius 3 is 2.35 bits per heavy atom. The third-order valence-corrected chi connectivity index (χ3v) is 6.23. The first-order valence-corrected chi connectivity index (χ1v) is 11.1. The van der Waals surface area contributed by atoms with E-state index in [1.54, 1.807) is 0 Å². The first kappa shape index (κ1) is 23.2. The van der Waals surface area contributed by atoms with Crippen molar-refractivity contribution in [1.82, 2.24) is 5.32 Å². The number of hydrogen-bond acceptors (Lipinski definition) is 4. The van der Waals surface area contributed by atoms with Crippen molar-refractivity contribution in [2.75, 3.05) is 18.6 Å². The SMILES string of the molecule is CS(=O)(=O)CCC(N)C(=O)NCC1(c2ccc(Cl)cc2)CCCCC1.Cl. The summed E-state index contributed by atoms with van der Waals surface area (Å²) < 4.78 is 22.5. The Morgan fingerprint density at radius 1 is 1.23 bits per heavy atom. The third-order valence-electron chi connectivity index (χ3n) is 5.00. The maximum atomic E-state index is 12.3. The lowest BCUT2D eigenvalue weighted by Crippen LogP contribution is -2.48. The molecular weight excluding hydrogens is 395 g/mol. The van der Waals surface area contributed by atoms with E-state index in [9.17, 15) is 13.2 Å². The van der Waals surface area contributed by atoms with Gasteiger partial charge < -0.3 is 11.1 Å². The summed E-state index contributed by atoms with van der Waals surface area (Å²) >= 11 is 6.00. The van der Waals surface area contributed by atoms with Gasteiger partial charge in [-0.1, -0.05) is 43.0 Å². The maximum absolute atomic E-state index is 12.3. The maximum Gasteiger partial charge on any atom is 0.236 e. The average molecular weight is 423 g/mol. The molecule has 0 aromatic heterocycles. The molecule has 0 heterocycles. The minimum atomic E-state index is -3.12. The van der Waals surface area contributed by atoms with Crippen molar-refractivity contribution in [3.63, 3.8) is 0 Å². The summed E-state index contributed by atoms with van der Waals surface area (Å²) in [5.41, 5.74) is 6.93. The van der Waals surface area contributed by atoms with Crippen LogP contribution in [0.25, 0.3) is 0 Å². The molecule has 148 valence electrons. The molecular formula is C18H28Cl2N2O3S. The molecule has 2 rings (SSSR count). The Kier molecular flexibility index (Phi) is 8.86. The molecule has 0 aliphatic heterocycles.